The zero-order chi connectivity index (χ0) is 13.0. The lowest BCUT2D eigenvalue weighted by Gasteiger charge is -1.98. The first-order valence-electron chi connectivity index (χ1n) is 5.80. The van der Waals surface area contributed by atoms with Crippen LogP contribution >= 0.6 is 12.4 Å². The van der Waals surface area contributed by atoms with Crippen LogP contribution in [0.1, 0.15) is 12.5 Å². The van der Waals surface area contributed by atoms with Crippen molar-refractivity contribution in [2.24, 2.45) is 5.73 Å². The molecule has 2 rings (SSSR count). The first-order valence-corrected chi connectivity index (χ1v) is 5.80. The maximum absolute atomic E-state index is 11.1. The molecule has 0 saturated carbocycles. The zero-order valence-corrected chi connectivity index (χ0v) is 11.4. The molecule has 0 spiro atoms. The molecule has 2 aromatic rings. The average molecular weight is 286 g/mol. The van der Waals surface area contributed by atoms with E-state index in [4.69, 9.17) is 14.9 Å². The normalized spacial score (nSPS) is 10.0. The third-order valence-electron chi connectivity index (χ3n) is 2.44. The number of benzene rings is 1. The van der Waals surface area contributed by atoms with Gasteiger partial charge in [-0.2, -0.15) is 0 Å². The molecule has 2 N–H and O–H groups in total. The van der Waals surface area contributed by atoms with Crippen molar-refractivity contribution in [3.63, 3.8) is 0 Å². The summed E-state index contributed by atoms with van der Waals surface area (Å²) in [5.74, 6) is 0.133. The van der Waals surface area contributed by atoms with Crippen LogP contribution in [0.2, 0.25) is 0 Å². The second kappa shape index (κ2) is 7.01. The second-order valence-electron chi connectivity index (χ2n) is 3.76. The molecule has 0 aliphatic heterocycles. The molecule has 0 fully saturated rings. The fourth-order valence-electron chi connectivity index (χ4n) is 1.67. The van der Waals surface area contributed by atoms with Gasteiger partial charge in [0, 0.05) is 11.5 Å². The number of halogens is 1. The number of carbonyl (C=O) groups is 1. The Bertz CT molecular complexity index is 553. The largest absolute Gasteiger partial charge is 0.516 e. The predicted molar refractivity (Wildman–Crippen MR) is 73.9 cm³/mol. The van der Waals surface area contributed by atoms with E-state index < -0.39 is 6.16 Å². The topological polar surface area (TPSA) is 74.7 Å². The lowest BCUT2D eigenvalue weighted by molar-refractivity contribution is 0.0957. The number of ether oxygens (including phenoxy) is 2. The molecule has 6 heteroatoms. The van der Waals surface area contributed by atoms with Gasteiger partial charge in [0.15, 0.2) is 0 Å². The molecule has 0 radical (unpaired) electrons. The minimum absolute atomic E-state index is 0. The van der Waals surface area contributed by atoms with E-state index in [2.05, 4.69) is 4.74 Å². The second-order valence-corrected chi connectivity index (χ2v) is 3.76. The summed E-state index contributed by atoms with van der Waals surface area (Å²) >= 11 is 0. The van der Waals surface area contributed by atoms with Gasteiger partial charge in [0.2, 0.25) is 0 Å². The van der Waals surface area contributed by atoms with Crippen LogP contribution in [0.15, 0.2) is 28.7 Å². The Morgan fingerprint density at radius 2 is 2.16 bits per heavy atom. The van der Waals surface area contributed by atoms with Crippen LogP contribution in [0.5, 0.6) is 5.95 Å². The van der Waals surface area contributed by atoms with Gasteiger partial charge in [-0.3, -0.25) is 0 Å². The third-order valence-corrected chi connectivity index (χ3v) is 2.44. The highest BCUT2D eigenvalue weighted by atomic mass is 35.5. The third kappa shape index (κ3) is 3.87. The van der Waals surface area contributed by atoms with E-state index in [1.807, 2.05) is 18.2 Å². The fourth-order valence-corrected chi connectivity index (χ4v) is 1.67. The van der Waals surface area contributed by atoms with Crippen molar-refractivity contribution in [1.82, 2.24) is 0 Å². The van der Waals surface area contributed by atoms with Crippen molar-refractivity contribution in [2.75, 3.05) is 13.2 Å². The summed E-state index contributed by atoms with van der Waals surface area (Å²) in [6.07, 6.45) is 0.0357. The Balaban J connectivity index is 0.00000180. The van der Waals surface area contributed by atoms with Crippen molar-refractivity contribution >= 4 is 29.5 Å². The Labute approximate surface area is 117 Å². The summed E-state index contributed by atoms with van der Waals surface area (Å²) in [6, 6.07) is 7.39. The molecule has 104 valence electrons. The first-order chi connectivity index (χ1) is 8.72. The van der Waals surface area contributed by atoms with Crippen LogP contribution in [0.25, 0.3) is 11.0 Å². The van der Waals surface area contributed by atoms with Gasteiger partial charge in [0.1, 0.15) is 5.58 Å². The van der Waals surface area contributed by atoms with E-state index in [1.54, 1.807) is 13.0 Å². The van der Waals surface area contributed by atoms with Gasteiger partial charge in [0.25, 0.3) is 5.95 Å². The van der Waals surface area contributed by atoms with Crippen LogP contribution in [-0.4, -0.2) is 19.3 Å². The molecule has 0 amide bonds. The predicted octanol–water partition coefficient (Wildman–Crippen LogP) is 2.89. The number of fused-ring (bicyclic) bond motifs is 1. The highest BCUT2D eigenvalue weighted by molar-refractivity contribution is 5.85. The molecule has 5 nitrogen and oxygen atoms in total. The smallest absolute Gasteiger partial charge is 0.434 e. The van der Waals surface area contributed by atoms with Crippen LogP contribution in [-0.2, 0) is 11.2 Å². The number of nitrogens with two attached hydrogens (primary N) is 1. The Morgan fingerprint density at radius 1 is 1.37 bits per heavy atom. The first kappa shape index (κ1) is 15.3. The molecular weight excluding hydrogens is 270 g/mol. The van der Waals surface area contributed by atoms with Gasteiger partial charge in [-0.05, 0) is 37.6 Å². The SMILES string of the molecule is CCOC(=O)Oc1cc2cc(CCN)ccc2o1.Cl. The minimum Gasteiger partial charge on any atom is -0.434 e. The summed E-state index contributed by atoms with van der Waals surface area (Å²) in [7, 11) is 0. The van der Waals surface area contributed by atoms with E-state index in [0.717, 1.165) is 17.4 Å². The fraction of sp³-hybridized carbons (Fsp3) is 0.308. The van der Waals surface area contributed by atoms with Gasteiger partial charge in [-0.25, -0.2) is 4.79 Å². The highest BCUT2D eigenvalue weighted by Crippen LogP contribution is 2.26. The lowest BCUT2D eigenvalue weighted by Crippen LogP contribution is -2.09. The molecule has 0 unspecified atom stereocenters. The Morgan fingerprint density at radius 3 is 2.84 bits per heavy atom. The molecule has 0 aliphatic rings. The summed E-state index contributed by atoms with van der Waals surface area (Å²) in [5, 5.41) is 0.875. The molecular formula is C13H16ClNO4. The Hall–Kier alpha value is -1.72. The standard InChI is InChI=1S/C13H15NO4.ClH/c1-2-16-13(15)18-12-8-10-7-9(5-6-14)3-4-11(10)17-12;/h3-4,7-8H,2,5-6,14H2,1H3;1H. The highest BCUT2D eigenvalue weighted by Gasteiger charge is 2.10. The van der Waals surface area contributed by atoms with Gasteiger partial charge in [-0.15, -0.1) is 12.4 Å². The zero-order valence-electron chi connectivity index (χ0n) is 10.5. The van der Waals surface area contributed by atoms with Crippen molar-refractivity contribution in [1.29, 1.82) is 0 Å². The molecule has 1 aromatic carbocycles. The van der Waals surface area contributed by atoms with Crippen LogP contribution in [0.3, 0.4) is 0 Å². The average Bonchev–Trinajstić information content (AvgIpc) is 2.71. The van der Waals surface area contributed by atoms with Crippen LogP contribution in [0, 0.1) is 0 Å². The van der Waals surface area contributed by atoms with E-state index >= 15 is 0 Å². The molecule has 0 atom stereocenters. The van der Waals surface area contributed by atoms with E-state index in [9.17, 15) is 4.79 Å². The van der Waals surface area contributed by atoms with Crippen LogP contribution in [0.4, 0.5) is 4.79 Å². The van der Waals surface area contributed by atoms with Crippen molar-refractivity contribution < 1.29 is 18.7 Å². The van der Waals surface area contributed by atoms with Crippen LogP contribution < -0.4 is 10.5 Å². The van der Waals surface area contributed by atoms with Crippen molar-refractivity contribution in [3.05, 3.63) is 29.8 Å². The summed E-state index contributed by atoms with van der Waals surface area (Å²) in [4.78, 5) is 11.1. The molecule has 0 saturated heterocycles. The number of rotatable bonds is 4. The van der Waals surface area contributed by atoms with Crippen molar-refractivity contribution in [2.45, 2.75) is 13.3 Å². The van der Waals surface area contributed by atoms with Gasteiger partial charge in [-0.1, -0.05) is 6.07 Å². The summed E-state index contributed by atoms with van der Waals surface area (Å²) in [6.45, 7) is 2.56. The molecule has 1 heterocycles. The number of hydrogen-bond acceptors (Lipinski definition) is 5. The lowest BCUT2D eigenvalue weighted by atomic mass is 10.1. The van der Waals surface area contributed by atoms with E-state index in [-0.39, 0.29) is 25.0 Å². The number of hydrogen-bond donors (Lipinski definition) is 1. The van der Waals surface area contributed by atoms with E-state index in [0.29, 0.717) is 12.1 Å². The molecule has 0 aliphatic carbocycles. The monoisotopic (exact) mass is 285 g/mol. The Kier molecular flexibility index (Phi) is 5.66. The summed E-state index contributed by atoms with van der Waals surface area (Å²) in [5.41, 5.74) is 7.28. The van der Waals surface area contributed by atoms with E-state index in [1.165, 1.54) is 0 Å². The minimum atomic E-state index is -0.765. The van der Waals surface area contributed by atoms with Crippen molar-refractivity contribution in [3.8, 4) is 5.95 Å². The number of furan rings is 1. The maximum atomic E-state index is 11.1. The quantitative estimate of drug-likeness (QED) is 0.874. The van der Waals surface area contributed by atoms with Gasteiger partial charge < -0.3 is 19.6 Å². The molecule has 19 heavy (non-hydrogen) atoms. The molecule has 0 bridgehead atoms. The van der Waals surface area contributed by atoms with Gasteiger partial charge in [0.05, 0.1) is 6.61 Å². The number of carbonyl (C=O) groups excluding carboxylic acids is 1. The van der Waals surface area contributed by atoms with Gasteiger partial charge >= 0.3 is 6.16 Å². The summed E-state index contributed by atoms with van der Waals surface area (Å²) < 4.78 is 14.9. The molecule has 1 aromatic heterocycles. The maximum Gasteiger partial charge on any atom is 0.516 e.